The molecule has 0 saturated carbocycles. The van der Waals surface area contributed by atoms with Crippen LogP contribution in [0.15, 0.2) is 24.3 Å². The molecule has 1 aromatic carbocycles. The molecule has 0 aromatic heterocycles. The first kappa shape index (κ1) is 20.4. The van der Waals surface area contributed by atoms with Crippen LogP contribution >= 0.6 is 0 Å². The molecule has 2 rings (SSSR count). The molecule has 1 heterocycles. The molecule has 0 radical (unpaired) electrons. The van der Waals surface area contributed by atoms with Gasteiger partial charge in [-0.05, 0) is 57.9 Å². The first-order valence-electron chi connectivity index (χ1n) is 8.64. The highest BCUT2D eigenvalue weighted by Gasteiger charge is 2.30. The zero-order chi connectivity index (χ0) is 19.5. The van der Waals surface area contributed by atoms with E-state index in [1.165, 1.54) is 4.31 Å². The van der Waals surface area contributed by atoms with Gasteiger partial charge in [0.15, 0.2) is 0 Å². The molecule has 1 fully saturated rings. The number of nitrogens with one attached hydrogen (secondary N) is 2. The molecule has 7 nitrogen and oxygen atoms in total. The first-order valence-corrected chi connectivity index (χ1v) is 10.5. The van der Waals surface area contributed by atoms with E-state index >= 15 is 0 Å². The molecule has 26 heavy (non-hydrogen) atoms. The van der Waals surface area contributed by atoms with Gasteiger partial charge in [-0.25, -0.2) is 12.7 Å². The van der Waals surface area contributed by atoms with Crippen molar-refractivity contribution in [2.45, 2.75) is 39.2 Å². The number of nitrogens with zero attached hydrogens (tertiary/aromatic N) is 1. The van der Waals surface area contributed by atoms with Gasteiger partial charge in [0.2, 0.25) is 15.9 Å². The standard InChI is InChI=1S/C18H27N3O4S/c1-18(2,3)20-17(23)13-7-9-15(10-8-13)19-16(22)14-6-5-11-21(12-14)26(4,24)25/h7-10,14H,5-6,11-12H2,1-4H3,(H,19,22)(H,20,23). The summed E-state index contributed by atoms with van der Waals surface area (Å²) in [6.45, 7) is 6.38. The molecule has 1 saturated heterocycles. The van der Waals surface area contributed by atoms with Gasteiger partial charge in [0, 0.05) is 29.9 Å². The Kier molecular flexibility index (Phi) is 6.08. The summed E-state index contributed by atoms with van der Waals surface area (Å²) in [5, 5.41) is 5.68. The Morgan fingerprint density at radius 3 is 2.31 bits per heavy atom. The van der Waals surface area contributed by atoms with Gasteiger partial charge >= 0.3 is 0 Å². The maximum Gasteiger partial charge on any atom is 0.251 e. The van der Waals surface area contributed by atoms with Crippen molar-refractivity contribution in [3.63, 3.8) is 0 Å². The van der Waals surface area contributed by atoms with Gasteiger partial charge in [-0.2, -0.15) is 0 Å². The van der Waals surface area contributed by atoms with Crippen molar-refractivity contribution < 1.29 is 18.0 Å². The van der Waals surface area contributed by atoms with Crippen LogP contribution in [0.3, 0.4) is 0 Å². The maximum absolute atomic E-state index is 12.4. The normalized spacial score (nSPS) is 19.0. The number of benzene rings is 1. The van der Waals surface area contributed by atoms with E-state index in [9.17, 15) is 18.0 Å². The second-order valence-electron chi connectivity index (χ2n) is 7.73. The van der Waals surface area contributed by atoms with Gasteiger partial charge in [-0.3, -0.25) is 9.59 Å². The summed E-state index contributed by atoms with van der Waals surface area (Å²) in [5.74, 6) is -0.751. The van der Waals surface area contributed by atoms with Crippen molar-refractivity contribution >= 4 is 27.5 Å². The number of carbonyl (C=O) groups excluding carboxylic acids is 2. The number of anilines is 1. The Morgan fingerprint density at radius 2 is 1.77 bits per heavy atom. The maximum atomic E-state index is 12.4. The predicted molar refractivity (Wildman–Crippen MR) is 101 cm³/mol. The van der Waals surface area contributed by atoms with E-state index < -0.39 is 10.0 Å². The summed E-state index contributed by atoms with van der Waals surface area (Å²) in [7, 11) is -3.29. The molecule has 1 aliphatic heterocycles. The highest BCUT2D eigenvalue weighted by atomic mass is 32.2. The Bertz CT molecular complexity index is 767. The molecule has 1 aromatic rings. The average Bonchev–Trinajstić information content (AvgIpc) is 2.53. The zero-order valence-corrected chi connectivity index (χ0v) is 16.5. The van der Waals surface area contributed by atoms with Crippen LogP contribution in [0.25, 0.3) is 0 Å². The molecular weight excluding hydrogens is 354 g/mol. The van der Waals surface area contributed by atoms with Gasteiger partial charge < -0.3 is 10.6 Å². The van der Waals surface area contributed by atoms with Crippen molar-refractivity contribution in [3.8, 4) is 0 Å². The van der Waals surface area contributed by atoms with Crippen molar-refractivity contribution in [1.82, 2.24) is 9.62 Å². The molecule has 1 atom stereocenters. The summed E-state index contributed by atoms with van der Waals surface area (Å²) in [4.78, 5) is 24.5. The summed E-state index contributed by atoms with van der Waals surface area (Å²) in [6.07, 6.45) is 2.48. The van der Waals surface area contributed by atoms with Crippen LogP contribution in [0.1, 0.15) is 44.0 Å². The fraction of sp³-hybridized carbons (Fsp3) is 0.556. The van der Waals surface area contributed by atoms with Crippen LogP contribution in [0.4, 0.5) is 5.69 Å². The number of sulfonamides is 1. The minimum atomic E-state index is -3.29. The Labute approximate surface area is 155 Å². The largest absolute Gasteiger partial charge is 0.347 e. The lowest BCUT2D eigenvalue weighted by molar-refractivity contribution is -0.120. The van der Waals surface area contributed by atoms with E-state index in [0.717, 1.165) is 6.26 Å². The number of carbonyl (C=O) groups is 2. The SMILES string of the molecule is CC(C)(C)NC(=O)c1ccc(NC(=O)C2CCCN(S(C)(=O)=O)C2)cc1. The van der Waals surface area contributed by atoms with E-state index in [-0.39, 0.29) is 29.8 Å². The highest BCUT2D eigenvalue weighted by molar-refractivity contribution is 7.88. The van der Waals surface area contributed by atoms with Crippen LogP contribution in [-0.2, 0) is 14.8 Å². The predicted octanol–water partition coefficient (Wildman–Crippen LogP) is 1.83. The minimum Gasteiger partial charge on any atom is -0.347 e. The van der Waals surface area contributed by atoms with E-state index in [4.69, 9.17) is 0 Å². The van der Waals surface area contributed by atoms with E-state index in [2.05, 4.69) is 10.6 Å². The minimum absolute atomic E-state index is 0.175. The van der Waals surface area contributed by atoms with Crippen molar-refractivity contribution in [1.29, 1.82) is 0 Å². The summed E-state index contributed by atoms with van der Waals surface area (Å²) >= 11 is 0. The number of hydrogen-bond acceptors (Lipinski definition) is 4. The van der Waals surface area contributed by atoms with Gasteiger partial charge in [0.05, 0.1) is 12.2 Å². The molecule has 0 aliphatic carbocycles. The molecule has 8 heteroatoms. The first-order chi connectivity index (χ1) is 12.0. The Hall–Kier alpha value is -1.93. The quantitative estimate of drug-likeness (QED) is 0.832. The topological polar surface area (TPSA) is 95.6 Å². The van der Waals surface area contributed by atoms with Crippen molar-refractivity contribution in [2.75, 3.05) is 24.7 Å². The van der Waals surface area contributed by atoms with Gasteiger partial charge in [-0.15, -0.1) is 0 Å². The lowest BCUT2D eigenvalue weighted by atomic mass is 9.98. The molecule has 0 bridgehead atoms. The van der Waals surface area contributed by atoms with Crippen molar-refractivity contribution in [3.05, 3.63) is 29.8 Å². The molecule has 1 unspecified atom stereocenters. The second kappa shape index (κ2) is 7.75. The number of rotatable bonds is 4. The van der Waals surface area contributed by atoms with Crippen LogP contribution in [-0.4, -0.2) is 49.4 Å². The van der Waals surface area contributed by atoms with Gasteiger partial charge in [0.1, 0.15) is 0 Å². The Balaban J connectivity index is 1.98. The molecular formula is C18H27N3O4S. The van der Waals surface area contributed by atoms with Crippen LogP contribution < -0.4 is 10.6 Å². The fourth-order valence-electron chi connectivity index (χ4n) is 2.82. The summed E-state index contributed by atoms with van der Waals surface area (Å²) in [5.41, 5.74) is 0.772. The van der Waals surface area contributed by atoms with Crippen molar-refractivity contribution in [2.24, 2.45) is 5.92 Å². The smallest absolute Gasteiger partial charge is 0.251 e. The Morgan fingerprint density at radius 1 is 1.15 bits per heavy atom. The molecule has 0 spiro atoms. The molecule has 144 valence electrons. The number of hydrogen-bond donors (Lipinski definition) is 2. The van der Waals surface area contributed by atoms with E-state index in [1.807, 2.05) is 20.8 Å². The molecule has 1 aliphatic rings. The second-order valence-corrected chi connectivity index (χ2v) is 9.71. The van der Waals surface area contributed by atoms with Gasteiger partial charge in [0.25, 0.3) is 5.91 Å². The molecule has 2 amide bonds. The summed E-state index contributed by atoms with van der Waals surface area (Å²) < 4.78 is 24.7. The third kappa shape index (κ3) is 5.81. The van der Waals surface area contributed by atoms with Gasteiger partial charge in [-0.1, -0.05) is 0 Å². The monoisotopic (exact) mass is 381 g/mol. The van der Waals surface area contributed by atoms with E-state index in [1.54, 1.807) is 24.3 Å². The zero-order valence-electron chi connectivity index (χ0n) is 15.7. The van der Waals surface area contributed by atoms with Crippen LogP contribution in [0.2, 0.25) is 0 Å². The number of amides is 2. The number of piperidine rings is 1. The van der Waals surface area contributed by atoms with Crippen LogP contribution in [0.5, 0.6) is 0 Å². The highest BCUT2D eigenvalue weighted by Crippen LogP contribution is 2.21. The fourth-order valence-corrected chi connectivity index (χ4v) is 3.73. The van der Waals surface area contributed by atoms with E-state index in [0.29, 0.717) is 30.6 Å². The lowest BCUT2D eigenvalue weighted by Gasteiger charge is -2.30. The third-order valence-corrected chi connectivity index (χ3v) is 5.40. The summed E-state index contributed by atoms with van der Waals surface area (Å²) in [6, 6.07) is 6.65. The molecule has 2 N–H and O–H groups in total. The average molecular weight is 381 g/mol. The van der Waals surface area contributed by atoms with Crippen LogP contribution in [0, 0.1) is 5.92 Å². The lowest BCUT2D eigenvalue weighted by Crippen LogP contribution is -2.43. The third-order valence-electron chi connectivity index (χ3n) is 4.13.